The average molecular weight is 179 g/mol. The fourth-order valence-electron chi connectivity index (χ4n) is 1.07. The van der Waals surface area contributed by atoms with Crippen LogP contribution in [-0.4, -0.2) is 51.6 Å². The Hall–Kier alpha value is 0.110. The van der Waals surface area contributed by atoms with E-state index < -0.39 is 7.59 Å². The molecule has 0 heterocycles. The molecule has 0 aliphatic carbocycles. The van der Waals surface area contributed by atoms with Gasteiger partial charge in [-0.1, -0.05) is 0 Å². The van der Waals surface area contributed by atoms with Gasteiger partial charge in [-0.3, -0.25) is 0 Å². The Balaban J connectivity index is 4.69. The topological polar surface area (TPSA) is 29.5 Å². The number of hydrogen-bond acceptors (Lipinski definition) is 1. The first-order valence-corrected chi connectivity index (χ1v) is 5.03. The molecule has 0 atom stereocenters. The SMILES string of the molecule is CN(C)P(=O)(N(C)C)[N+](C)C. The van der Waals surface area contributed by atoms with Gasteiger partial charge in [-0.25, -0.2) is 4.57 Å². The zero-order chi connectivity index (χ0) is 9.23. The molecule has 0 saturated carbocycles. The summed E-state index contributed by atoms with van der Waals surface area (Å²) in [4.78, 5) is 0. The van der Waals surface area contributed by atoms with Crippen LogP contribution in [0.3, 0.4) is 0 Å². The van der Waals surface area contributed by atoms with E-state index in [4.69, 9.17) is 0 Å². The highest BCUT2D eigenvalue weighted by molar-refractivity contribution is 7.57. The van der Waals surface area contributed by atoms with Crippen molar-refractivity contribution in [2.45, 2.75) is 0 Å². The molecule has 5 heteroatoms. The molecule has 0 aliphatic heterocycles. The van der Waals surface area contributed by atoms with Crippen LogP contribution in [0.4, 0.5) is 0 Å². The summed E-state index contributed by atoms with van der Waals surface area (Å²) >= 11 is 0. The van der Waals surface area contributed by atoms with E-state index in [-0.39, 0.29) is 0 Å². The normalized spacial score (nSPS) is 13.5. The van der Waals surface area contributed by atoms with Crippen molar-refractivity contribution in [3.63, 3.8) is 0 Å². The molecule has 11 heavy (non-hydrogen) atoms. The molecule has 0 aromatic rings. The lowest BCUT2D eigenvalue weighted by molar-refractivity contribution is 0.415. The molecule has 0 aliphatic rings. The second-order valence-electron chi connectivity index (χ2n) is 3.05. The first-order valence-electron chi connectivity index (χ1n) is 3.47. The van der Waals surface area contributed by atoms with Crippen LogP contribution >= 0.6 is 7.59 Å². The van der Waals surface area contributed by atoms with Gasteiger partial charge in [0.25, 0.3) is 0 Å². The molecule has 0 rings (SSSR count). The third kappa shape index (κ3) is 2.03. The van der Waals surface area contributed by atoms with Gasteiger partial charge in [-0.2, -0.15) is 9.34 Å². The zero-order valence-corrected chi connectivity index (χ0v) is 9.09. The molecule has 0 bridgehead atoms. The molecule has 0 aromatic carbocycles. The summed E-state index contributed by atoms with van der Waals surface area (Å²) in [5.74, 6) is 0. The van der Waals surface area contributed by atoms with Gasteiger partial charge in [0.1, 0.15) is 14.1 Å². The van der Waals surface area contributed by atoms with E-state index in [1.165, 1.54) is 0 Å². The van der Waals surface area contributed by atoms with Gasteiger partial charge < -0.3 is 0 Å². The Morgan fingerprint density at radius 1 is 1.00 bits per heavy atom. The summed E-state index contributed by atoms with van der Waals surface area (Å²) in [5.41, 5.74) is 0. The van der Waals surface area contributed by atoms with Crippen molar-refractivity contribution in [3.8, 4) is 0 Å². The van der Waals surface area contributed by atoms with Crippen LogP contribution in [0.2, 0.25) is 0 Å². The standard InChI is InChI=1S/C6H18N3OP/c1-7(2)11(10,8(3)4)9(5)6/h1-6H3/q+1. The lowest BCUT2D eigenvalue weighted by Crippen LogP contribution is -2.33. The predicted molar refractivity (Wildman–Crippen MR) is 49.0 cm³/mol. The first-order chi connectivity index (χ1) is 4.83. The Labute approximate surface area is 69.3 Å². The highest BCUT2D eigenvalue weighted by Crippen LogP contribution is 2.48. The van der Waals surface area contributed by atoms with Crippen LogP contribution in [0.15, 0.2) is 0 Å². The molecule has 0 spiro atoms. The highest BCUT2D eigenvalue weighted by atomic mass is 31.2. The summed E-state index contributed by atoms with van der Waals surface area (Å²) < 4.78 is 17.3. The molecule has 4 nitrogen and oxygen atoms in total. The number of nitrogens with zero attached hydrogens (tertiary/aromatic N) is 3. The van der Waals surface area contributed by atoms with Gasteiger partial charge in [-0.15, -0.1) is 4.67 Å². The first kappa shape index (κ1) is 11.1. The second-order valence-corrected chi connectivity index (χ2v) is 6.48. The minimum Gasteiger partial charge on any atom is -0.222 e. The van der Waals surface area contributed by atoms with E-state index in [0.717, 1.165) is 0 Å². The minimum atomic E-state index is -2.44. The van der Waals surface area contributed by atoms with Gasteiger partial charge in [-0.05, 0) is 28.2 Å². The molecule has 0 fully saturated rings. The zero-order valence-electron chi connectivity index (χ0n) is 8.20. The largest absolute Gasteiger partial charge is 0.442 e. The minimum absolute atomic E-state index is 1.74. The smallest absolute Gasteiger partial charge is 0.222 e. The van der Waals surface area contributed by atoms with E-state index in [0.29, 0.717) is 0 Å². The lowest BCUT2D eigenvalue weighted by atomic mass is 11.2. The molecule has 0 saturated heterocycles. The summed E-state index contributed by atoms with van der Waals surface area (Å²) in [6.45, 7) is 0. The van der Waals surface area contributed by atoms with Crippen LogP contribution in [0, 0.1) is 0 Å². The highest BCUT2D eigenvalue weighted by Gasteiger charge is 2.40. The van der Waals surface area contributed by atoms with Crippen molar-refractivity contribution < 1.29 is 4.57 Å². The maximum atomic E-state index is 12.1. The van der Waals surface area contributed by atoms with Gasteiger partial charge in [0.15, 0.2) is 0 Å². The van der Waals surface area contributed by atoms with Crippen molar-refractivity contribution in [2.75, 3.05) is 42.3 Å². The van der Waals surface area contributed by atoms with Crippen molar-refractivity contribution in [1.29, 1.82) is 0 Å². The second kappa shape index (κ2) is 3.68. The van der Waals surface area contributed by atoms with Crippen molar-refractivity contribution in [1.82, 2.24) is 14.0 Å². The maximum Gasteiger partial charge on any atom is 0.442 e. The average Bonchev–Trinajstić information content (AvgIpc) is 1.84. The van der Waals surface area contributed by atoms with Crippen molar-refractivity contribution >= 4 is 7.59 Å². The summed E-state index contributed by atoms with van der Waals surface area (Å²) in [5, 5.41) is 0. The van der Waals surface area contributed by atoms with Gasteiger partial charge >= 0.3 is 7.59 Å². The molecule has 0 amide bonds. The Bertz CT molecular complexity index is 139. The molecule has 0 N–H and O–H groups in total. The van der Waals surface area contributed by atoms with Gasteiger partial charge in [0.05, 0.1) is 0 Å². The fourth-order valence-corrected chi connectivity index (χ4v) is 3.22. The summed E-state index contributed by atoms with van der Waals surface area (Å²) in [6.07, 6.45) is 0. The van der Waals surface area contributed by atoms with Crippen LogP contribution in [0.1, 0.15) is 0 Å². The lowest BCUT2D eigenvalue weighted by Gasteiger charge is -2.26. The quantitative estimate of drug-likeness (QED) is 0.595. The van der Waals surface area contributed by atoms with Gasteiger partial charge in [0, 0.05) is 0 Å². The molecule has 0 aromatic heterocycles. The number of rotatable bonds is 3. The number of hydrogen-bond donors (Lipinski definition) is 0. The van der Waals surface area contributed by atoms with Crippen molar-refractivity contribution in [3.05, 3.63) is 0 Å². The molecular weight excluding hydrogens is 161 g/mol. The Morgan fingerprint density at radius 2 is 1.27 bits per heavy atom. The van der Waals surface area contributed by atoms with E-state index in [1.54, 1.807) is 14.0 Å². The predicted octanol–water partition coefficient (Wildman–Crippen LogP) is 0.617. The Kier molecular flexibility index (Phi) is 3.71. The third-order valence-corrected chi connectivity index (χ3v) is 4.69. The van der Waals surface area contributed by atoms with E-state index in [1.807, 2.05) is 42.3 Å². The monoisotopic (exact) mass is 179 g/mol. The maximum absolute atomic E-state index is 12.1. The van der Waals surface area contributed by atoms with E-state index in [9.17, 15) is 4.57 Å². The molecule has 67 valence electrons. The van der Waals surface area contributed by atoms with E-state index in [2.05, 4.69) is 0 Å². The van der Waals surface area contributed by atoms with Crippen LogP contribution in [-0.2, 0) is 4.57 Å². The summed E-state index contributed by atoms with van der Waals surface area (Å²) in [6, 6.07) is 0. The molecule has 0 unspecified atom stereocenters. The van der Waals surface area contributed by atoms with Gasteiger partial charge in [0.2, 0.25) is 0 Å². The molecule has 1 radical (unpaired) electrons. The third-order valence-electron chi connectivity index (χ3n) is 1.56. The van der Waals surface area contributed by atoms with E-state index >= 15 is 0 Å². The van der Waals surface area contributed by atoms with Crippen LogP contribution in [0.5, 0.6) is 0 Å². The molecular formula is C6H18N3OP+. The van der Waals surface area contributed by atoms with Crippen LogP contribution < -0.4 is 4.67 Å². The summed E-state index contributed by atoms with van der Waals surface area (Å²) in [7, 11) is 8.49. The van der Waals surface area contributed by atoms with Crippen molar-refractivity contribution in [2.24, 2.45) is 0 Å². The fraction of sp³-hybridized carbons (Fsp3) is 1.00. The van der Waals surface area contributed by atoms with Crippen LogP contribution in [0.25, 0.3) is 0 Å². The Morgan fingerprint density at radius 3 is 1.27 bits per heavy atom.